The first-order valence-electron chi connectivity index (χ1n) is 5.16. The molecule has 0 radical (unpaired) electrons. The molecule has 1 atom stereocenters. The van der Waals surface area contributed by atoms with Crippen molar-refractivity contribution in [3.63, 3.8) is 0 Å². The van der Waals surface area contributed by atoms with E-state index in [1.54, 1.807) is 6.20 Å². The summed E-state index contributed by atoms with van der Waals surface area (Å²) in [5.74, 6) is 1.19. The lowest BCUT2D eigenvalue weighted by molar-refractivity contribution is 0.495. The number of H-pyrrole nitrogens is 1. The van der Waals surface area contributed by atoms with Crippen LogP contribution in [0.1, 0.15) is 31.3 Å². The van der Waals surface area contributed by atoms with Crippen LogP contribution in [0.25, 0.3) is 11.2 Å². The third-order valence-electron chi connectivity index (χ3n) is 2.65. The van der Waals surface area contributed by atoms with E-state index in [1.807, 2.05) is 13.0 Å². The van der Waals surface area contributed by atoms with Crippen molar-refractivity contribution in [2.24, 2.45) is 11.7 Å². The van der Waals surface area contributed by atoms with Crippen molar-refractivity contribution in [2.75, 3.05) is 0 Å². The van der Waals surface area contributed by atoms with Crippen LogP contribution in [-0.2, 0) is 0 Å². The van der Waals surface area contributed by atoms with Crippen LogP contribution in [0, 0.1) is 12.8 Å². The van der Waals surface area contributed by atoms with Crippen LogP contribution in [0.15, 0.2) is 12.3 Å². The number of hydrogen-bond donors (Lipinski definition) is 2. The molecule has 0 fully saturated rings. The van der Waals surface area contributed by atoms with E-state index < -0.39 is 0 Å². The smallest absolute Gasteiger partial charge is 0.178 e. The van der Waals surface area contributed by atoms with Crippen LogP contribution in [0.2, 0.25) is 0 Å². The lowest BCUT2D eigenvalue weighted by Gasteiger charge is -2.11. The van der Waals surface area contributed by atoms with E-state index >= 15 is 0 Å². The molecule has 0 bridgehead atoms. The van der Waals surface area contributed by atoms with Crippen LogP contribution >= 0.6 is 0 Å². The van der Waals surface area contributed by atoms with Gasteiger partial charge in [0, 0.05) is 6.20 Å². The number of aryl methyl sites for hydroxylation is 1. The molecular weight excluding hydrogens is 188 g/mol. The zero-order valence-electron chi connectivity index (χ0n) is 9.28. The van der Waals surface area contributed by atoms with E-state index in [-0.39, 0.29) is 6.04 Å². The number of nitrogens with one attached hydrogen (secondary N) is 1. The van der Waals surface area contributed by atoms with Gasteiger partial charge >= 0.3 is 0 Å². The Kier molecular flexibility index (Phi) is 2.44. The van der Waals surface area contributed by atoms with Crippen LogP contribution in [-0.4, -0.2) is 15.0 Å². The summed E-state index contributed by atoms with van der Waals surface area (Å²) in [6.07, 6.45) is 1.77. The highest BCUT2D eigenvalue weighted by Crippen LogP contribution is 2.20. The maximum Gasteiger partial charge on any atom is 0.178 e. The van der Waals surface area contributed by atoms with Gasteiger partial charge in [0.15, 0.2) is 5.65 Å². The third kappa shape index (κ3) is 1.72. The van der Waals surface area contributed by atoms with E-state index in [4.69, 9.17) is 5.73 Å². The Morgan fingerprint density at radius 1 is 1.40 bits per heavy atom. The summed E-state index contributed by atoms with van der Waals surface area (Å²) < 4.78 is 0. The maximum absolute atomic E-state index is 6.03. The molecule has 2 heterocycles. The summed E-state index contributed by atoms with van der Waals surface area (Å²) in [5.41, 5.74) is 8.92. The zero-order chi connectivity index (χ0) is 11.0. The Morgan fingerprint density at radius 2 is 2.13 bits per heavy atom. The molecule has 0 amide bonds. The second-order valence-corrected chi connectivity index (χ2v) is 4.22. The van der Waals surface area contributed by atoms with Gasteiger partial charge in [0.1, 0.15) is 5.82 Å². The molecule has 0 saturated heterocycles. The Labute approximate surface area is 88.9 Å². The highest BCUT2D eigenvalue weighted by molar-refractivity contribution is 5.74. The summed E-state index contributed by atoms with van der Waals surface area (Å²) in [5, 5.41) is 0. The Bertz CT molecular complexity index is 472. The van der Waals surface area contributed by atoms with Crippen LogP contribution in [0.5, 0.6) is 0 Å². The highest BCUT2D eigenvalue weighted by Gasteiger charge is 2.15. The van der Waals surface area contributed by atoms with Crippen molar-refractivity contribution < 1.29 is 0 Å². The van der Waals surface area contributed by atoms with E-state index in [1.165, 1.54) is 0 Å². The van der Waals surface area contributed by atoms with Gasteiger partial charge in [-0.3, -0.25) is 0 Å². The second kappa shape index (κ2) is 3.62. The molecule has 4 heteroatoms. The normalized spacial score (nSPS) is 13.7. The van der Waals surface area contributed by atoms with Gasteiger partial charge < -0.3 is 10.7 Å². The molecule has 2 aromatic heterocycles. The average Bonchev–Trinajstić information content (AvgIpc) is 2.61. The summed E-state index contributed by atoms with van der Waals surface area (Å²) in [7, 11) is 0. The molecule has 0 spiro atoms. The minimum atomic E-state index is -0.0569. The fourth-order valence-electron chi connectivity index (χ4n) is 1.53. The Balaban J connectivity index is 2.52. The first kappa shape index (κ1) is 10.1. The topological polar surface area (TPSA) is 67.6 Å². The number of rotatable bonds is 2. The molecule has 0 aliphatic carbocycles. The Morgan fingerprint density at radius 3 is 2.73 bits per heavy atom. The zero-order valence-corrected chi connectivity index (χ0v) is 9.28. The lowest BCUT2D eigenvalue weighted by atomic mass is 10.1. The van der Waals surface area contributed by atoms with Gasteiger partial charge in [0.25, 0.3) is 0 Å². The van der Waals surface area contributed by atoms with Gasteiger partial charge in [-0.25, -0.2) is 9.97 Å². The predicted molar refractivity (Wildman–Crippen MR) is 60.4 cm³/mol. The fourth-order valence-corrected chi connectivity index (χ4v) is 1.53. The van der Waals surface area contributed by atoms with Gasteiger partial charge in [0.05, 0.1) is 11.6 Å². The van der Waals surface area contributed by atoms with E-state index in [2.05, 4.69) is 28.8 Å². The minimum Gasteiger partial charge on any atom is -0.339 e. The van der Waals surface area contributed by atoms with Gasteiger partial charge in [-0.2, -0.15) is 0 Å². The molecule has 15 heavy (non-hydrogen) atoms. The van der Waals surface area contributed by atoms with E-state index in [0.717, 1.165) is 22.6 Å². The number of hydrogen-bond acceptors (Lipinski definition) is 3. The predicted octanol–water partition coefficient (Wildman–Crippen LogP) is 1.92. The van der Waals surface area contributed by atoms with E-state index in [0.29, 0.717) is 5.92 Å². The largest absolute Gasteiger partial charge is 0.339 e. The first-order chi connectivity index (χ1) is 7.09. The number of fused-ring (bicyclic) bond motifs is 1. The molecule has 4 nitrogen and oxygen atoms in total. The molecule has 1 unspecified atom stereocenters. The van der Waals surface area contributed by atoms with Gasteiger partial charge in [-0.15, -0.1) is 0 Å². The second-order valence-electron chi connectivity index (χ2n) is 4.22. The molecule has 0 saturated carbocycles. The van der Waals surface area contributed by atoms with Gasteiger partial charge in [-0.05, 0) is 24.5 Å². The summed E-state index contributed by atoms with van der Waals surface area (Å²) in [6.45, 7) is 6.20. The van der Waals surface area contributed by atoms with Crippen LogP contribution in [0.4, 0.5) is 0 Å². The van der Waals surface area contributed by atoms with Crippen molar-refractivity contribution in [3.05, 3.63) is 23.7 Å². The molecule has 0 aliphatic heterocycles. The summed E-state index contributed by atoms with van der Waals surface area (Å²) >= 11 is 0. The molecule has 80 valence electrons. The molecule has 0 aliphatic rings. The van der Waals surface area contributed by atoms with Crippen LogP contribution in [0.3, 0.4) is 0 Å². The van der Waals surface area contributed by atoms with Crippen molar-refractivity contribution in [1.29, 1.82) is 0 Å². The number of nitrogens with two attached hydrogens (primary N) is 1. The van der Waals surface area contributed by atoms with E-state index in [9.17, 15) is 0 Å². The third-order valence-corrected chi connectivity index (χ3v) is 2.65. The minimum absolute atomic E-state index is 0.0569. The fraction of sp³-hybridized carbons (Fsp3) is 0.455. The number of aromatic amines is 1. The number of imidazole rings is 1. The lowest BCUT2D eigenvalue weighted by Crippen LogP contribution is -2.18. The number of nitrogens with zero attached hydrogens (tertiary/aromatic N) is 2. The summed E-state index contributed by atoms with van der Waals surface area (Å²) in [6, 6.07) is 1.91. The molecular formula is C11H16N4. The SMILES string of the molecule is Cc1ccnc2nc(C(N)C(C)C)[nH]c12. The number of pyridine rings is 1. The summed E-state index contributed by atoms with van der Waals surface area (Å²) in [4.78, 5) is 11.9. The van der Waals surface area contributed by atoms with Crippen LogP contribution < -0.4 is 5.73 Å². The van der Waals surface area contributed by atoms with Crippen molar-refractivity contribution in [3.8, 4) is 0 Å². The number of aromatic nitrogens is 3. The molecule has 0 aromatic carbocycles. The first-order valence-corrected chi connectivity index (χ1v) is 5.16. The molecule has 3 N–H and O–H groups in total. The molecule has 2 rings (SSSR count). The maximum atomic E-state index is 6.03. The molecule has 2 aromatic rings. The quantitative estimate of drug-likeness (QED) is 0.785. The Hall–Kier alpha value is -1.42. The van der Waals surface area contributed by atoms with Gasteiger partial charge in [-0.1, -0.05) is 13.8 Å². The van der Waals surface area contributed by atoms with Crippen molar-refractivity contribution >= 4 is 11.2 Å². The van der Waals surface area contributed by atoms with Gasteiger partial charge in [0.2, 0.25) is 0 Å². The highest BCUT2D eigenvalue weighted by atomic mass is 15.0. The average molecular weight is 204 g/mol. The van der Waals surface area contributed by atoms with Crippen molar-refractivity contribution in [2.45, 2.75) is 26.8 Å². The monoisotopic (exact) mass is 204 g/mol. The van der Waals surface area contributed by atoms with Crippen molar-refractivity contribution in [1.82, 2.24) is 15.0 Å². The standard InChI is InChI=1S/C11H16N4/c1-6(2)8(12)10-14-9-7(3)4-5-13-11(9)15-10/h4-6,8H,12H2,1-3H3,(H,13,14,15).